The lowest BCUT2D eigenvalue weighted by molar-refractivity contribution is -0.123. The third-order valence-corrected chi connectivity index (χ3v) is 15.5. The highest BCUT2D eigenvalue weighted by atomic mass is 35.5. The molecule has 2 N–H and O–H groups in total. The van der Waals surface area contributed by atoms with Crippen LogP contribution in [0.1, 0.15) is 91.8 Å². The number of benzene rings is 2. The minimum Gasteiger partial charge on any atom is -0.346 e. The second-order valence-corrected chi connectivity index (χ2v) is 21.8. The third kappa shape index (κ3) is 8.78. The Bertz CT molecular complexity index is 3040. The van der Waals surface area contributed by atoms with Crippen LogP contribution in [0.25, 0.3) is 22.0 Å². The third-order valence-electron chi connectivity index (χ3n) is 11.8. The first-order valence-corrected chi connectivity index (χ1v) is 23.9. The van der Waals surface area contributed by atoms with Crippen molar-refractivity contribution in [2.45, 2.75) is 99.8 Å². The monoisotopic (exact) mass is 971 g/mol. The molecule has 0 spiro atoms. The van der Waals surface area contributed by atoms with Crippen molar-refractivity contribution in [3.05, 3.63) is 93.0 Å². The van der Waals surface area contributed by atoms with E-state index in [0.717, 1.165) is 23.1 Å². The number of hydrogen-bond donors (Lipinski definition) is 2. The molecular formula is C42H38ClF8N7O5S2. The summed E-state index contributed by atoms with van der Waals surface area (Å²) in [7, 11) is -7.83. The van der Waals surface area contributed by atoms with Crippen LogP contribution in [0.2, 0.25) is 5.02 Å². The molecule has 2 fully saturated rings. The maximum Gasteiger partial charge on any atom is 0.293 e. The first-order chi connectivity index (χ1) is 30.4. The maximum absolute atomic E-state index is 15.8. The average molecular weight is 972 g/mol. The lowest BCUT2D eigenvalue weighted by atomic mass is 9.73. The molecule has 3 atom stereocenters. The van der Waals surface area contributed by atoms with Crippen LogP contribution in [0.4, 0.5) is 40.9 Å². The van der Waals surface area contributed by atoms with Crippen LogP contribution in [-0.4, -0.2) is 70.0 Å². The molecule has 0 radical (unpaired) electrons. The molecule has 8 rings (SSSR count). The lowest BCUT2D eigenvalue weighted by Crippen LogP contribution is -2.36. The second kappa shape index (κ2) is 16.6. The molecule has 65 heavy (non-hydrogen) atoms. The molecule has 3 aromatic heterocycles. The van der Waals surface area contributed by atoms with Gasteiger partial charge in [-0.2, -0.15) is 19.0 Å². The molecular weight excluding hydrogens is 934 g/mol. The molecule has 23 heteroatoms. The zero-order chi connectivity index (χ0) is 47.1. The van der Waals surface area contributed by atoms with E-state index in [-0.39, 0.29) is 62.4 Å². The number of halogens is 9. The Kier molecular flexibility index (Phi) is 11.8. The number of nitrogens with zero attached hydrogens (tertiary/aromatic N) is 5. The van der Waals surface area contributed by atoms with Crippen LogP contribution in [0.15, 0.2) is 42.5 Å². The minimum atomic E-state index is -4.08. The Morgan fingerprint density at radius 3 is 2.22 bits per heavy atom. The van der Waals surface area contributed by atoms with Crippen molar-refractivity contribution in [1.82, 2.24) is 29.9 Å². The van der Waals surface area contributed by atoms with Gasteiger partial charge in [0.2, 0.25) is 15.9 Å². The summed E-state index contributed by atoms with van der Waals surface area (Å²) in [5.41, 5.74) is -2.59. The number of amides is 1. The number of alkyl halides is 6. The van der Waals surface area contributed by atoms with Crippen LogP contribution in [0.5, 0.6) is 0 Å². The van der Waals surface area contributed by atoms with Crippen molar-refractivity contribution in [3.8, 4) is 23.0 Å². The molecule has 3 aliphatic carbocycles. The van der Waals surface area contributed by atoms with E-state index in [1.807, 2.05) is 0 Å². The van der Waals surface area contributed by atoms with Crippen molar-refractivity contribution in [2.24, 2.45) is 5.92 Å². The highest BCUT2D eigenvalue weighted by molar-refractivity contribution is 7.93. The number of nitrogens with one attached hydrogen (secondary N) is 2. The lowest BCUT2D eigenvalue weighted by Gasteiger charge is -2.34. The second-order valence-electron chi connectivity index (χ2n) is 16.9. The number of fused-ring (bicyclic) bond motifs is 4. The zero-order valence-electron chi connectivity index (χ0n) is 34.5. The predicted octanol–water partition coefficient (Wildman–Crippen LogP) is 8.21. The SMILES string of the molecule is CC(C)(C#Cc1ccc(-c2ccc(Cl)c3c(NS(C)(=O)=O)nn(CC(F)F)c23)c([C@H](Cc2cc(F)cc(F)c2)NC(=O)Cn2nc(C(F)F)c3c2C(F)(F)[C@@H]2CC[C@H]32)n1)S(=O)(=O)C1CC1. The van der Waals surface area contributed by atoms with Crippen molar-refractivity contribution in [2.75, 3.05) is 11.0 Å². The largest absolute Gasteiger partial charge is 0.346 e. The summed E-state index contributed by atoms with van der Waals surface area (Å²) >= 11 is 6.57. The number of anilines is 1. The van der Waals surface area contributed by atoms with Crippen molar-refractivity contribution >= 4 is 54.1 Å². The highest BCUT2D eigenvalue weighted by Crippen LogP contribution is 2.63. The smallest absolute Gasteiger partial charge is 0.293 e. The van der Waals surface area contributed by atoms with Gasteiger partial charge in [-0.05, 0) is 93.7 Å². The number of pyridine rings is 1. The molecule has 0 saturated heterocycles. The summed E-state index contributed by atoms with van der Waals surface area (Å²) in [4.78, 5) is 18.9. The van der Waals surface area contributed by atoms with Gasteiger partial charge in [-0.1, -0.05) is 23.6 Å². The van der Waals surface area contributed by atoms with E-state index >= 15 is 8.78 Å². The fraction of sp³-hybridized carbons (Fsp3) is 0.429. The Labute approximate surface area is 372 Å². The molecule has 0 unspecified atom stereocenters. The maximum atomic E-state index is 15.8. The number of hydrogen-bond acceptors (Lipinski definition) is 8. The van der Waals surface area contributed by atoms with E-state index in [2.05, 4.69) is 37.1 Å². The number of aromatic nitrogens is 5. The van der Waals surface area contributed by atoms with Gasteiger partial charge in [0, 0.05) is 28.7 Å². The Hall–Kier alpha value is -5.27. The molecule has 3 heterocycles. The molecule has 2 aromatic carbocycles. The Balaban J connectivity index is 1.32. The Morgan fingerprint density at radius 2 is 1.62 bits per heavy atom. The molecule has 346 valence electrons. The van der Waals surface area contributed by atoms with Crippen molar-refractivity contribution in [3.63, 3.8) is 0 Å². The van der Waals surface area contributed by atoms with Crippen molar-refractivity contribution < 1.29 is 56.8 Å². The van der Waals surface area contributed by atoms with Gasteiger partial charge in [-0.15, -0.1) is 0 Å². The van der Waals surface area contributed by atoms with E-state index in [9.17, 15) is 48.0 Å². The molecule has 12 nitrogen and oxygen atoms in total. The fourth-order valence-corrected chi connectivity index (χ4v) is 11.1. The molecule has 1 amide bonds. The number of carbonyl (C=O) groups excluding carboxylic acids is 1. The first kappa shape index (κ1) is 46.3. The normalized spacial score (nSPS) is 18.6. The molecule has 5 aromatic rings. The standard InChI is InChI=1S/C42H38ClF8N7O5S2/c1-41(2,65(62,63)24-5-6-24)13-12-23-4-7-25(26-9-11-29(43)34-37(26)57(18-31(46)47)55-40(34)56-64(3,60)61)35(52-23)30(16-20-14-21(44)17-22(45)15-20)53-32(59)19-58-38-33(36(54-58)39(48)49)27-8-10-28(27)42(38,50)51/h4,7,9,11,14-15,17,24,27-28,30-31,39H,5-6,8,10,16,18-19H2,1-3H3,(H,53,59)(H,55,56)/t27-,28+,30-/m0/s1. The quantitative estimate of drug-likeness (QED) is 0.0833. The van der Waals surface area contributed by atoms with Crippen LogP contribution < -0.4 is 10.0 Å². The first-order valence-electron chi connectivity index (χ1n) is 20.1. The zero-order valence-corrected chi connectivity index (χ0v) is 36.8. The Morgan fingerprint density at radius 1 is 0.938 bits per heavy atom. The summed E-state index contributed by atoms with van der Waals surface area (Å²) in [6.45, 7) is 0.687. The van der Waals surface area contributed by atoms with Crippen LogP contribution >= 0.6 is 11.6 Å². The highest BCUT2D eigenvalue weighted by Gasteiger charge is 2.62. The van der Waals surface area contributed by atoms with Gasteiger partial charge in [-0.3, -0.25) is 18.9 Å². The summed E-state index contributed by atoms with van der Waals surface area (Å²) in [6.07, 6.45) is -4.83. The predicted molar refractivity (Wildman–Crippen MR) is 223 cm³/mol. The summed E-state index contributed by atoms with van der Waals surface area (Å²) in [5, 5.41) is 9.59. The van der Waals surface area contributed by atoms with Crippen LogP contribution in [0.3, 0.4) is 0 Å². The van der Waals surface area contributed by atoms with Gasteiger partial charge >= 0.3 is 0 Å². The van der Waals surface area contributed by atoms with Gasteiger partial charge in [0.15, 0.2) is 15.7 Å². The summed E-state index contributed by atoms with van der Waals surface area (Å²) in [6, 6.07) is 6.27. The van der Waals surface area contributed by atoms with Gasteiger partial charge in [-0.25, -0.2) is 48.2 Å². The molecule has 2 saturated carbocycles. The minimum absolute atomic E-state index is 0.00371. The van der Waals surface area contributed by atoms with Gasteiger partial charge < -0.3 is 5.32 Å². The van der Waals surface area contributed by atoms with Gasteiger partial charge in [0.1, 0.15) is 46.6 Å². The van der Waals surface area contributed by atoms with E-state index < -0.39 is 121 Å². The van der Waals surface area contributed by atoms with Gasteiger partial charge in [0.05, 0.1) is 39.2 Å². The van der Waals surface area contributed by atoms with E-state index in [1.54, 1.807) is 0 Å². The number of rotatable bonds is 14. The summed E-state index contributed by atoms with van der Waals surface area (Å²) < 4.78 is 171. The fourth-order valence-electron chi connectivity index (χ4n) is 8.63. The van der Waals surface area contributed by atoms with Crippen molar-refractivity contribution in [1.29, 1.82) is 0 Å². The van der Waals surface area contributed by atoms with E-state index in [1.165, 1.54) is 38.1 Å². The molecule has 0 bridgehead atoms. The number of sulfonamides is 1. The van der Waals surface area contributed by atoms with Crippen LogP contribution in [0, 0.1) is 29.4 Å². The molecule has 0 aliphatic heterocycles. The van der Waals surface area contributed by atoms with Gasteiger partial charge in [0.25, 0.3) is 18.8 Å². The van der Waals surface area contributed by atoms with E-state index in [0.29, 0.717) is 23.6 Å². The number of carbonyl (C=O) groups is 1. The average Bonchev–Trinajstić information content (AvgIpc) is 3.86. The topological polar surface area (TPSA) is 158 Å². The summed E-state index contributed by atoms with van der Waals surface area (Å²) in [5.74, 6) is -3.85. The number of sulfone groups is 1. The molecule has 3 aliphatic rings. The van der Waals surface area contributed by atoms with E-state index in [4.69, 9.17) is 11.6 Å². The van der Waals surface area contributed by atoms with Crippen LogP contribution in [-0.2, 0) is 50.1 Å².